The number of fused-ring (bicyclic) bond motifs is 8. The van der Waals surface area contributed by atoms with Gasteiger partial charge < -0.3 is 19.7 Å². The van der Waals surface area contributed by atoms with Crippen LogP contribution in [0.15, 0.2) is 72.8 Å². The second kappa shape index (κ2) is 11.0. The largest absolute Gasteiger partial charge is 0.507 e. The summed E-state index contributed by atoms with van der Waals surface area (Å²) in [6.07, 6.45) is 2.64. The average molecular weight is 509 g/mol. The van der Waals surface area contributed by atoms with Crippen LogP contribution < -0.4 is 9.47 Å². The third-order valence-electron chi connectivity index (χ3n) is 6.98. The Bertz CT molecular complexity index is 1390. The lowest BCUT2D eigenvalue weighted by Gasteiger charge is -2.20. The first kappa shape index (κ1) is 25.4. The van der Waals surface area contributed by atoms with E-state index in [0.717, 1.165) is 56.7 Å². The number of carbonyl (C=O) groups is 1. The molecule has 2 N–H and O–H groups in total. The number of aromatic hydroxyl groups is 2. The van der Waals surface area contributed by atoms with Gasteiger partial charge in [-0.2, -0.15) is 0 Å². The molecule has 38 heavy (non-hydrogen) atoms. The second-order valence-corrected chi connectivity index (χ2v) is 9.81. The van der Waals surface area contributed by atoms with Gasteiger partial charge >= 0.3 is 5.97 Å². The molecule has 0 spiro atoms. The average Bonchev–Trinajstić information content (AvgIpc) is 2.89. The molecule has 0 atom stereocenters. The van der Waals surface area contributed by atoms with Crippen molar-refractivity contribution in [1.82, 2.24) is 0 Å². The van der Waals surface area contributed by atoms with E-state index in [1.165, 1.54) is 6.92 Å². The van der Waals surface area contributed by atoms with E-state index >= 15 is 0 Å². The maximum atomic E-state index is 12.1. The highest BCUT2D eigenvalue weighted by molar-refractivity contribution is 5.71. The van der Waals surface area contributed by atoms with Gasteiger partial charge in [-0.3, -0.25) is 4.79 Å². The van der Waals surface area contributed by atoms with Crippen molar-refractivity contribution >= 4 is 5.97 Å². The summed E-state index contributed by atoms with van der Waals surface area (Å²) >= 11 is 0. The van der Waals surface area contributed by atoms with Gasteiger partial charge in [-0.05, 0) is 50.9 Å². The summed E-state index contributed by atoms with van der Waals surface area (Å²) in [4.78, 5) is 12.1. The van der Waals surface area contributed by atoms with Gasteiger partial charge in [0.05, 0.1) is 6.61 Å². The van der Waals surface area contributed by atoms with Crippen molar-refractivity contribution in [2.24, 2.45) is 0 Å². The summed E-state index contributed by atoms with van der Waals surface area (Å²) in [7, 11) is 0. The Balaban J connectivity index is 1.72. The molecule has 0 radical (unpaired) electrons. The van der Waals surface area contributed by atoms with Crippen LogP contribution in [0.25, 0.3) is 0 Å². The first-order valence-corrected chi connectivity index (χ1v) is 13.1. The van der Waals surface area contributed by atoms with Gasteiger partial charge in [-0.1, -0.05) is 79.7 Å². The van der Waals surface area contributed by atoms with Crippen molar-refractivity contribution in [3.8, 4) is 23.0 Å². The fraction of sp³-hybridized carbons (Fsp3) is 0.242. The third kappa shape index (κ3) is 5.23. The van der Waals surface area contributed by atoms with Crippen molar-refractivity contribution in [2.45, 2.75) is 46.0 Å². The first-order chi connectivity index (χ1) is 18.4. The van der Waals surface area contributed by atoms with Crippen molar-refractivity contribution in [3.63, 3.8) is 0 Å². The molecule has 4 aromatic carbocycles. The predicted octanol–water partition coefficient (Wildman–Crippen LogP) is 6.49. The Labute approximate surface area is 223 Å². The Morgan fingerprint density at radius 2 is 0.974 bits per heavy atom. The SMILES string of the molecule is CCCOc1c2cccc1Cc1cccc(c1O)Cc1cccc(c1OC(C)=O)Cc1cccc(c1O)C2. The number of para-hydroxylation sites is 4. The highest BCUT2D eigenvalue weighted by Gasteiger charge is 2.20. The molecule has 8 bridgehead atoms. The molecule has 194 valence electrons. The molecule has 5 rings (SSSR count). The minimum atomic E-state index is -0.415. The number of phenolic OH excluding ortho intramolecular Hbond substituents is 2. The molecule has 4 aromatic rings. The molecule has 0 saturated heterocycles. The van der Waals surface area contributed by atoms with Gasteiger partial charge in [0.1, 0.15) is 23.0 Å². The topological polar surface area (TPSA) is 76.0 Å². The fourth-order valence-electron chi connectivity index (χ4n) is 5.18. The van der Waals surface area contributed by atoms with Crippen molar-refractivity contribution in [1.29, 1.82) is 0 Å². The Kier molecular flexibility index (Phi) is 7.36. The minimum absolute atomic E-state index is 0.230. The predicted molar refractivity (Wildman–Crippen MR) is 147 cm³/mol. The summed E-state index contributed by atoms with van der Waals surface area (Å²) in [5.74, 6) is 1.32. The normalized spacial score (nSPS) is 12.6. The number of hydrogen-bond donors (Lipinski definition) is 2. The van der Waals surface area contributed by atoms with Crippen LogP contribution in [0.3, 0.4) is 0 Å². The van der Waals surface area contributed by atoms with Crippen LogP contribution in [0, 0.1) is 0 Å². The lowest BCUT2D eigenvalue weighted by molar-refractivity contribution is -0.132. The molecule has 1 aliphatic rings. The highest BCUT2D eigenvalue weighted by Crippen LogP contribution is 2.38. The van der Waals surface area contributed by atoms with E-state index in [2.05, 4.69) is 6.92 Å². The molecule has 0 unspecified atom stereocenters. The Morgan fingerprint density at radius 3 is 1.32 bits per heavy atom. The van der Waals surface area contributed by atoms with E-state index < -0.39 is 5.97 Å². The molecule has 1 aliphatic carbocycles. The number of rotatable bonds is 4. The van der Waals surface area contributed by atoms with Crippen molar-refractivity contribution in [3.05, 3.63) is 117 Å². The van der Waals surface area contributed by atoms with Gasteiger partial charge in [0, 0.05) is 32.6 Å². The molecular weight excluding hydrogens is 476 g/mol. The summed E-state index contributed by atoms with van der Waals surface area (Å²) < 4.78 is 12.0. The zero-order valence-electron chi connectivity index (χ0n) is 21.8. The van der Waals surface area contributed by atoms with Gasteiger partial charge in [-0.15, -0.1) is 0 Å². The van der Waals surface area contributed by atoms with E-state index in [4.69, 9.17) is 9.47 Å². The van der Waals surface area contributed by atoms with Crippen molar-refractivity contribution in [2.75, 3.05) is 6.61 Å². The summed E-state index contributed by atoms with van der Waals surface area (Å²) in [6.45, 7) is 4.04. The van der Waals surface area contributed by atoms with E-state index in [1.54, 1.807) is 0 Å². The van der Waals surface area contributed by atoms with Crippen LogP contribution >= 0.6 is 0 Å². The molecule has 0 aliphatic heterocycles. The van der Waals surface area contributed by atoms with Crippen LogP contribution in [0.4, 0.5) is 0 Å². The standard InChI is InChI=1S/C33H32O5/c1-3-16-37-32-26-12-6-13-27(32)18-23-9-5-11-25(31(23)36)20-29-15-7-14-28(33(29)38-21(2)34)19-24-10-4-8-22(17-26)30(24)35/h4-15,35-36H,3,16-20H2,1-2H3. The lowest BCUT2D eigenvalue weighted by Crippen LogP contribution is -2.08. The van der Waals surface area contributed by atoms with E-state index in [-0.39, 0.29) is 11.5 Å². The molecule has 0 saturated carbocycles. The molecule has 0 aromatic heterocycles. The van der Waals surface area contributed by atoms with Crippen LogP contribution in [-0.2, 0) is 30.5 Å². The summed E-state index contributed by atoms with van der Waals surface area (Å²) in [6, 6.07) is 23.3. The molecule has 0 amide bonds. The van der Waals surface area contributed by atoms with Crippen molar-refractivity contribution < 1.29 is 24.5 Å². The number of carbonyl (C=O) groups excluding carboxylic acids is 1. The van der Waals surface area contributed by atoms with Gasteiger partial charge in [-0.25, -0.2) is 0 Å². The molecule has 0 heterocycles. The van der Waals surface area contributed by atoms with Crippen LogP contribution in [0.2, 0.25) is 0 Å². The van der Waals surface area contributed by atoms with Crippen LogP contribution in [-0.4, -0.2) is 22.8 Å². The maximum absolute atomic E-state index is 12.1. The number of ether oxygens (including phenoxy) is 2. The number of esters is 1. The quantitative estimate of drug-likeness (QED) is 0.214. The monoisotopic (exact) mass is 508 g/mol. The second-order valence-electron chi connectivity index (χ2n) is 9.81. The number of phenols is 2. The first-order valence-electron chi connectivity index (χ1n) is 13.1. The van der Waals surface area contributed by atoms with Crippen LogP contribution in [0.1, 0.15) is 64.8 Å². The smallest absolute Gasteiger partial charge is 0.308 e. The lowest BCUT2D eigenvalue weighted by atomic mass is 9.91. The van der Waals surface area contributed by atoms with E-state index in [9.17, 15) is 15.0 Å². The molecule has 5 heteroatoms. The van der Waals surface area contributed by atoms with E-state index in [1.807, 2.05) is 72.8 Å². The van der Waals surface area contributed by atoms with Crippen LogP contribution in [0.5, 0.6) is 23.0 Å². The Hall–Kier alpha value is -4.25. The van der Waals surface area contributed by atoms with Gasteiger partial charge in [0.15, 0.2) is 0 Å². The number of hydrogen-bond acceptors (Lipinski definition) is 5. The molecular formula is C33H32O5. The van der Waals surface area contributed by atoms with Gasteiger partial charge in [0.25, 0.3) is 0 Å². The zero-order valence-corrected chi connectivity index (χ0v) is 21.8. The number of benzene rings is 4. The maximum Gasteiger partial charge on any atom is 0.308 e. The molecule has 5 nitrogen and oxygen atoms in total. The summed E-state index contributed by atoms with van der Waals surface area (Å²) in [5.41, 5.74) is 6.63. The van der Waals surface area contributed by atoms with Gasteiger partial charge in [0.2, 0.25) is 0 Å². The van der Waals surface area contributed by atoms with E-state index in [0.29, 0.717) is 38.0 Å². The summed E-state index contributed by atoms with van der Waals surface area (Å²) in [5, 5.41) is 22.6. The minimum Gasteiger partial charge on any atom is -0.507 e. The fourth-order valence-corrected chi connectivity index (χ4v) is 5.18. The zero-order chi connectivity index (χ0) is 26.6. The highest BCUT2D eigenvalue weighted by atomic mass is 16.5. The Morgan fingerprint density at radius 1 is 0.632 bits per heavy atom. The third-order valence-corrected chi connectivity index (χ3v) is 6.98. The molecule has 0 fully saturated rings.